The van der Waals surface area contributed by atoms with E-state index in [1.807, 2.05) is 0 Å². The predicted molar refractivity (Wildman–Crippen MR) is 101 cm³/mol. The van der Waals surface area contributed by atoms with Gasteiger partial charge in [0.05, 0.1) is 4.90 Å². The third-order valence-electron chi connectivity index (χ3n) is 5.00. The Morgan fingerprint density at radius 2 is 1.89 bits per heavy atom. The maximum absolute atomic E-state index is 12.7. The fourth-order valence-corrected chi connectivity index (χ4v) is 4.56. The van der Waals surface area contributed by atoms with Crippen molar-refractivity contribution in [2.75, 3.05) is 13.1 Å². The number of sulfonamides is 1. The summed E-state index contributed by atoms with van der Waals surface area (Å²) in [4.78, 5) is 14.8. The van der Waals surface area contributed by atoms with Gasteiger partial charge in [0, 0.05) is 25.6 Å². The quantitative estimate of drug-likeness (QED) is 0.640. The Morgan fingerprint density at radius 1 is 1.21 bits per heavy atom. The molecule has 0 radical (unpaired) electrons. The molecule has 1 fully saturated rings. The first kappa shape index (κ1) is 20.3. The molecule has 0 spiro atoms. The van der Waals surface area contributed by atoms with Crippen molar-refractivity contribution in [2.45, 2.75) is 37.5 Å². The van der Waals surface area contributed by atoms with Gasteiger partial charge in [0.1, 0.15) is 0 Å². The second-order valence-corrected chi connectivity index (χ2v) is 8.86. The third kappa shape index (κ3) is 5.29. The zero-order valence-electron chi connectivity index (χ0n) is 15.6. The number of hydrogen-bond donors (Lipinski definition) is 3. The molecule has 28 heavy (non-hydrogen) atoms. The van der Waals surface area contributed by atoms with Crippen LogP contribution in [0.25, 0.3) is 11.4 Å². The summed E-state index contributed by atoms with van der Waals surface area (Å²) in [5.74, 6) is 1.33. The van der Waals surface area contributed by atoms with Crippen LogP contribution in [0.15, 0.2) is 33.7 Å². The van der Waals surface area contributed by atoms with Gasteiger partial charge in [0.25, 0.3) is 0 Å². The molecule has 0 aliphatic heterocycles. The molecule has 0 atom stereocenters. The molecule has 1 amide bonds. The van der Waals surface area contributed by atoms with E-state index in [0.29, 0.717) is 36.3 Å². The summed E-state index contributed by atoms with van der Waals surface area (Å²) in [5.41, 5.74) is 0.575. The van der Waals surface area contributed by atoms with Crippen LogP contribution >= 0.6 is 0 Å². The van der Waals surface area contributed by atoms with Gasteiger partial charge in [0.2, 0.25) is 21.7 Å². The minimum Gasteiger partial charge on any atom is -0.465 e. The molecule has 1 aromatic heterocycles. The Balaban J connectivity index is 1.56. The van der Waals surface area contributed by atoms with Gasteiger partial charge < -0.3 is 14.9 Å². The van der Waals surface area contributed by atoms with E-state index in [4.69, 9.17) is 9.63 Å². The highest BCUT2D eigenvalue weighted by Crippen LogP contribution is 2.28. The van der Waals surface area contributed by atoms with Gasteiger partial charge in [-0.2, -0.15) is 4.98 Å². The first-order valence-corrected chi connectivity index (χ1v) is 10.7. The van der Waals surface area contributed by atoms with Gasteiger partial charge >= 0.3 is 6.09 Å². The Labute approximate surface area is 163 Å². The number of nitrogens with one attached hydrogen (secondary N) is 2. The third-order valence-corrected chi connectivity index (χ3v) is 6.42. The summed E-state index contributed by atoms with van der Waals surface area (Å²) in [7, 11) is -3.64. The van der Waals surface area contributed by atoms with E-state index in [9.17, 15) is 13.2 Å². The van der Waals surface area contributed by atoms with Crippen LogP contribution < -0.4 is 10.0 Å². The molecule has 1 aromatic carbocycles. The lowest BCUT2D eigenvalue weighted by atomic mass is 9.82. The van der Waals surface area contributed by atoms with Gasteiger partial charge in [0.15, 0.2) is 0 Å². The molecule has 1 aliphatic carbocycles. The van der Waals surface area contributed by atoms with Crippen molar-refractivity contribution in [1.82, 2.24) is 20.2 Å². The second kappa shape index (κ2) is 8.70. The lowest BCUT2D eigenvalue weighted by Gasteiger charge is -2.28. The number of carboxylic acid groups (broad SMARTS) is 1. The maximum atomic E-state index is 12.7. The van der Waals surface area contributed by atoms with Gasteiger partial charge in [-0.1, -0.05) is 17.3 Å². The predicted octanol–water partition coefficient (Wildman–Crippen LogP) is 2.40. The summed E-state index contributed by atoms with van der Waals surface area (Å²) in [6.07, 6.45) is 2.51. The van der Waals surface area contributed by atoms with Crippen molar-refractivity contribution < 1.29 is 22.8 Å². The van der Waals surface area contributed by atoms with Crippen LogP contribution in [0.3, 0.4) is 0 Å². The number of nitrogens with zero attached hydrogens (tertiary/aromatic N) is 2. The van der Waals surface area contributed by atoms with Crippen molar-refractivity contribution >= 4 is 16.1 Å². The van der Waals surface area contributed by atoms with Gasteiger partial charge in [-0.05, 0) is 49.7 Å². The van der Waals surface area contributed by atoms with Crippen molar-refractivity contribution in [1.29, 1.82) is 0 Å². The van der Waals surface area contributed by atoms with Gasteiger partial charge in [-0.15, -0.1) is 0 Å². The minimum absolute atomic E-state index is 0.159. The monoisotopic (exact) mass is 408 g/mol. The molecule has 0 unspecified atom stereocenters. The highest BCUT2D eigenvalue weighted by Gasteiger charge is 2.24. The molecular formula is C18H24N4O5S. The smallest absolute Gasteiger partial charge is 0.404 e. The fourth-order valence-electron chi connectivity index (χ4n) is 3.40. The topological polar surface area (TPSA) is 134 Å². The molecule has 1 aliphatic rings. The van der Waals surface area contributed by atoms with Crippen molar-refractivity contribution in [3.63, 3.8) is 0 Å². The molecular weight excluding hydrogens is 384 g/mol. The molecule has 3 N–H and O–H groups in total. The van der Waals surface area contributed by atoms with Gasteiger partial charge in [-0.25, -0.2) is 17.9 Å². The first-order valence-electron chi connectivity index (χ1n) is 9.20. The van der Waals surface area contributed by atoms with E-state index in [0.717, 1.165) is 25.7 Å². The van der Waals surface area contributed by atoms with E-state index >= 15 is 0 Å². The largest absolute Gasteiger partial charge is 0.465 e. The molecule has 1 saturated carbocycles. The Kier molecular flexibility index (Phi) is 6.30. The molecule has 0 bridgehead atoms. The van der Waals surface area contributed by atoms with Crippen molar-refractivity contribution in [3.8, 4) is 11.4 Å². The van der Waals surface area contributed by atoms with E-state index in [1.54, 1.807) is 19.1 Å². The van der Waals surface area contributed by atoms with E-state index in [1.165, 1.54) is 12.1 Å². The fraction of sp³-hybridized carbons (Fsp3) is 0.500. The second-order valence-electron chi connectivity index (χ2n) is 7.09. The number of aromatic nitrogens is 2. The van der Waals surface area contributed by atoms with E-state index in [2.05, 4.69) is 20.2 Å². The summed E-state index contributed by atoms with van der Waals surface area (Å²) < 4.78 is 32.9. The number of carbonyl (C=O) groups is 1. The van der Waals surface area contributed by atoms with Crippen LogP contribution in [0.5, 0.6) is 0 Å². The molecule has 3 rings (SSSR count). The van der Waals surface area contributed by atoms with Gasteiger partial charge in [-0.3, -0.25) is 0 Å². The minimum atomic E-state index is -3.64. The van der Waals surface area contributed by atoms with Crippen LogP contribution in [0, 0.1) is 18.8 Å². The van der Waals surface area contributed by atoms with Crippen LogP contribution in [-0.2, 0) is 10.0 Å². The molecule has 0 saturated heterocycles. The van der Waals surface area contributed by atoms with Crippen LogP contribution in [0.1, 0.15) is 31.6 Å². The first-order chi connectivity index (χ1) is 13.3. The summed E-state index contributed by atoms with van der Waals surface area (Å²) >= 11 is 0. The Morgan fingerprint density at radius 3 is 2.50 bits per heavy atom. The Hall–Kier alpha value is -2.46. The molecule has 1 heterocycles. The highest BCUT2D eigenvalue weighted by atomic mass is 32.2. The Bertz CT molecular complexity index is 920. The molecule has 10 heteroatoms. The molecule has 9 nitrogen and oxygen atoms in total. The number of benzene rings is 1. The average molecular weight is 408 g/mol. The number of aryl methyl sites for hydroxylation is 1. The summed E-state index contributed by atoms with van der Waals surface area (Å²) in [6, 6.07) is 6.44. The van der Waals surface area contributed by atoms with Crippen molar-refractivity contribution in [2.24, 2.45) is 11.8 Å². The number of hydrogen-bond acceptors (Lipinski definition) is 6. The number of amides is 1. The van der Waals surface area contributed by atoms with E-state index in [-0.39, 0.29) is 10.8 Å². The molecule has 2 aromatic rings. The average Bonchev–Trinajstić information content (AvgIpc) is 3.12. The van der Waals surface area contributed by atoms with Crippen molar-refractivity contribution in [3.05, 3.63) is 30.2 Å². The van der Waals surface area contributed by atoms with Crippen LogP contribution in [-0.4, -0.2) is 42.8 Å². The van der Waals surface area contributed by atoms with Crippen LogP contribution in [0.4, 0.5) is 4.79 Å². The lowest BCUT2D eigenvalue weighted by molar-refractivity contribution is 0.188. The normalized spacial score (nSPS) is 20.0. The zero-order valence-corrected chi connectivity index (χ0v) is 16.4. The van der Waals surface area contributed by atoms with E-state index < -0.39 is 16.1 Å². The zero-order chi connectivity index (χ0) is 20.1. The maximum Gasteiger partial charge on any atom is 0.404 e. The lowest BCUT2D eigenvalue weighted by Crippen LogP contribution is -2.34. The summed E-state index contributed by atoms with van der Waals surface area (Å²) in [6.45, 7) is 2.49. The number of rotatable bonds is 7. The standard InChI is InChI=1S/C18H24N4O5S/c1-12-21-17(22-27-12)15-3-2-4-16(9-15)28(25,26)20-11-14-7-5-13(6-8-14)10-19-18(23)24/h2-4,9,13-14,19-20H,5-8,10-11H2,1H3,(H,23,24). The molecule has 152 valence electrons. The highest BCUT2D eigenvalue weighted by molar-refractivity contribution is 7.89. The van der Waals surface area contributed by atoms with Crippen LogP contribution in [0.2, 0.25) is 0 Å². The SMILES string of the molecule is Cc1nc(-c2cccc(S(=O)(=O)NCC3CCC(CNC(=O)O)CC3)c2)no1. The summed E-state index contributed by atoms with van der Waals surface area (Å²) in [5, 5.41) is 14.9.